The maximum atomic E-state index is 13.5. The average molecular weight is 971 g/mol. The van der Waals surface area contributed by atoms with Crippen LogP contribution in [0.1, 0.15) is 290 Å². The summed E-state index contributed by atoms with van der Waals surface area (Å²) >= 11 is 0. The SMILES string of the molecule is CCCCCCCCCCCC/C=C/C(OC(=O)CCCCCCCCCCCCCCCCC)C(COP(=O)(O)OCC[N+](C)(C)C)NC(=O)CCCCCCCCCCCCCCCC. The second-order valence-electron chi connectivity index (χ2n) is 21.2. The fourth-order valence-corrected chi connectivity index (χ4v) is 9.44. The van der Waals surface area contributed by atoms with Gasteiger partial charge in [-0.1, -0.05) is 258 Å². The Morgan fingerprint density at radius 2 is 0.851 bits per heavy atom. The molecule has 0 heterocycles. The van der Waals surface area contributed by atoms with Crippen LogP contribution in [-0.4, -0.2) is 74.3 Å². The molecule has 3 unspecified atom stereocenters. The lowest BCUT2D eigenvalue weighted by atomic mass is 10.0. The summed E-state index contributed by atoms with van der Waals surface area (Å²) in [4.78, 5) is 37.5. The smallest absolute Gasteiger partial charge is 0.456 e. The number of carbonyl (C=O) groups excluding carboxylic acids is 2. The van der Waals surface area contributed by atoms with Gasteiger partial charge >= 0.3 is 13.8 Å². The van der Waals surface area contributed by atoms with Gasteiger partial charge in [-0.25, -0.2) is 4.57 Å². The summed E-state index contributed by atoms with van der Waals surface area (Å²) in [5.74, 6) is -0.487. The first-order valence-electron chi connectivity index (χ1n) is 29.0. The minimum atomic E-state index is -4.43. The lowest BCUT2D eigenvalue weighted by molar-refractivity contribution is -0.870. The first kappa shape index (κ1) is 65.8. The summed E-state index contributed by atoms with van der Waals surface area (Å²) in [5.41, 5.74) is 0. The predicted molar refractivity (Wildman–Crippen MR) is 287 cm³/mol. The van der Waals surface area contributed by atoms with E-state index in [2.05, 4.69) is 26.1 Å². The van der Waals surface area contributed by atoms with Crippen molar-refractivity contribution in [2.75, 3.05) is 40.9 Å². The van der Waals surface area contributed by atoms with Crippen molar-refractivity contribution in [3.63, 3.8) is 0 Å². The molecule has 9 nitrogen and oxygen atoms in total. The number of nitrogens with zero attached hydrogens (tertiary/aromatic N) is 1. The van der Waals surface area contributed by atoms with Crippen LogP contribution in [-0.2, 0) is 27.9 Å². The Hall–Kier alpha value is -1.25. The van der Waals surface area contributed by atoms with Crippen LogP contribution in [0.2, 0.25) is 0 Å². The van der Waals surface area contributed by atoms with Crippen molar-refractivity contribution in [3.8, 4) is 0 Å². The summed E-state index contributed by atoms with van der Waals surface area (Å²) in [7, 11) is 1.51. The molecular weight excluding hydrogens is 856 g/mol. The van der Waals surface area contributed by atoms with Gasteiger partial charge in [0, 0.05) is 12.8 Å². The molecule has 0 aromatic heterocycles. The van der Waals surface area contributed by atoms with Crippen LogP contribution in [0, 0.1) is 0 Å². The Labute approximate surface area is 416 Å². The molecule has 0 saturated heterocycles. The number of hydrogen-bond donors (Lipinski definition) is 2. The number of ether oxygens (including phenoxy) is 1. The van der Waals surface area contributed by atoms with Crippen LogP contribution in [0.15, 0.2) is 12.2 Å². The molecule has 2 N–H and O–H groups in total. The zero-order chi connectivity index (χ0) is 49.4. The van der Waals surface area contributed by atoms with Gasteiger partial charge in [-0.3, -0.25) is 18.6 Å². The normalized spacial score (nSPS) is 13.8. The van der Waals surface area contributed by atoms with E-state index >= 15 is 0 Å². The molecule has 0 aliphatic carbocycles. The van der Waals surface area contributed by atoms with E-state index in [0.29, 0.717) is 23.9 Å². The highest BCUT2D eigenvalue weighted by atomic mass is 31.2. The van der Waals surface area contributed by atoms with Crippen molar-refractivity contribution in [2.24, 2.45) is 0 Å². The van der Waals surface area contributed by atoms with E-state index in [9.17, 15) is 19.0 Å². The quantitative estimate of drug-likeness (QED) is 0.0205. The molecule has 0 fully saturated rings. The Morgan fingerprint density at radius 1 is 0.507 bits per heavy atom. The Balaban J connectivity index is 5.31. The third kappa shape index (κ3) is 49.5. The number of quaternary nitrogens is 1. The van der Waals surface area contributed by atoms with Crippen LogP contribution in [0.3, 0.4) is 0 Å². The highest BCUT2D eigenvalue weighted by Crippen LogP contribution is 2.43. The van der Waals surface area contributed by atoms with Crippen molar-refractivity contribution in [1.29, 1.82) is 0 Å². The lowest BCUT2D eigenvalue weighted by Crippen LogP contribution is -2.47. The predicted octanol–water partition coefficient (Wildman–Crippen LogP) is 17.2. The van der Waals surface area contributed by atoms with Crippen LogP contribution in [0.4, 0.5) is 0 Å². The van der Waals surface area contributed by atoms with Gasteiger partial charge in [0.05, 0.1) is 33.8 Å². The van der Waals surface area contributed by atoms with Gasteiger partial charge < -0.3 is 19.4 Å². The average Bonchev–Trinajstić information content (AvgIpc) is 3.28. The third-order valence-corrected chi connectivity index (χ3v) is 14.2. The van der Waals surface area contributed by atoms with E-state index in [1.807, 2.05) is 33.3 Å². The molecule has 0 aliphatic heterocycles. The van der Waals surface area contributed by atoms with Crippen molar-refractivity contribution in [3.05, 3.63) is 12.2 Å². The van der Waals surface area contributed by atoms with Gasteiger partial charge in [-0.15, -0.1) is 0 Å². The zero-order valence-electron chi connectivity index (χ0n) is 45.4. The molecule has 0 bridgehead atoms. The van der Waals surface area contributed by atoms with Crippen molar-refractivity contribution >= 4 is 19.7 Å². The van der Waals surface area contributed by atoms with Crippen LogP contribution in [0.25, 0.3) is 0 Å². The molecule has 0 aromatic carbocycles. The number of unbranched alkanes of at least 4 members (excludes halogenated alkanes) is 37. The second-order valence-corrected chi connectivity index (χ2v) is 22.6. The molecular formula is C57H114N2O7P+. The van der Waals surface area contributed by atoms with Crippen LogP contribution in [0.5, 0.6) is 0 Å². The Bertz CT molecular complexity index is 1160. The third-order valence-electron chi connectivity index (χ3n) is 13.2. The summed E-state index contributed by atoms with van der Waals surface area (Å²) in [6.07, 6.45) is 53.4. The van der Waals surface area contributed by atoms with Gasteiger partial charge in [0.15, 0.2) is 0 Å². The van der Waals surface area contributed by atoms with E-state index in [1.165, 1.54) is 199 Å². The molecule has 0 radical (unpaired) electrons. The second kappa shape index (κ2) is 48.4. The topological polar surface area (TPSA) is 111 Å². The number of likely N-dealkylation sites (N-methyl/N-ethyl adjacent to an activating group) is 1. The van der Waals surface area contributed by atoms with E-state index in [-0.39, 0.29) is 25.1 Å². The number of amides is 1. The highest BCUT2D eigenvalue weighted by Gasteiger charge is 2.30. The number of allylic oxidation sites excluding steroid dienone is 1. The van der Waals surface area contributed by atoms with E-state index in [4.69, 9.17) is 13.8 Å². The lowest BCUT2D eigenvalue weighted by Gasteiger charge is -2.27. The molecule has 67 heavy (non-hydrogen) atoms. The largest absolute Gasteiger partial charge is 0.472 e. The molecule has 398 valence electrons. The van der Waals surface area contributed by atoms with E-state index in [0.717, 1.165) is 57.8 Å². The summed E-state index contributed by atoms with van der Waals surface area (Å²) in [6, 6.07) is -0.837. The standard InChI is InChI=1S/C57H113N2O7P/c1-7-10-13-16-19-22-25-28-30-32-35-38-41-44-47-50-57(61)66-55(48-45-42-39-36-33-27-24-21-18-15-12-9-3)54(53-65-67(62,63)64-52-51-59(4,5)6)58-56(60)49-46-43-40-37-34-31-29-26-23-20-17-14-11-8-2/h45,48,54-55H,7-44,46-47,49-53H2,1-6H3,(H-,58,60,62,63)/p+1/b48-45+. The number of nitrogens with one attached hydrogen (secondary N) is 1. The minimum Gasteiger partial charge on any atom is -0.456 e. The minimum absolute atomic E-state index is 0.0455. The number of phosphoric acid groups is 1. The number of esters is 1. The van der Waals surface area contributed by atoms with Crippen LogP contribution >= 0.6 is 7.82 Å². The molecule has 1 amide bonds. The maximum absolute atomic E-state index is 13.5. The molecule has 0 aliphatic rings. The zero-order valence-corrected chi connectivity index (χ0v) is 46.3. The van der Waals surface area contributed by atoms with Gasteiger partial charge in [0.2, 0.25) is 5.91 Å². The van der Waals surface area contributed by atoms with Crippen molar-refractivity contribution in [1.82, 2.24) is 5.32 Å². The van der Waals surface area contributed by atoms with Crippen LogP contribution < -0.4 is 5.32 Å². The molecule has 0 rings (SSSR count). The monoisotopic (exact) mass is 970 g/mol. The first-order valence-corrected chi connectivity index (χ1v) is 30.5. The first-order chi connectivity index (χ1) is 32.4. The number of rotatable bonds is 53. The highest BCUT2D eigenvalue weighted by molar-refractivity contribution is 7.47. The molecule has 0 aromatic rings. The van der Waals surface area contributed by atoms with E-state index < -0.39 is 20.0 Å². The number of phosphoric ester groups is 1. The fourth-order valence-electron chi connectivity index (χ4n) is 8.71. The summed E-state index contributed by atoms with van der Waals surface area (Å²) < 4.78 is 30.6. The molecule has 3 atom stereocenters. The van der Waals surface area contributed by atoms with Gasteiger partial charge in [0.25, 0.3) is 0 Å². The van der Waals surface area contributed by atoms with Gasteiger partial charge in [-0.2, -0.15) is 0 Å². The van der Waals surface area contributed by atoms with Gasteiger partial charge in [0.1, 0.15) is 19.3 Å². The number of carbonyl (C=O) groups is 2. The maximum Gasteiger partial charge on any atom is 0.472 e. The Morgan fingerprint density at radius 3 is 1.22 bits per heavy atom. The molecule has 0 saturated carbocycles. The molecule has 10 heteroatoms. The fraction of sp³-hybridized carbons (Fsp3) is 0.930. The van der Waals surface area contributed by atoms with Gasteiger partial charge in [-0.05, 0) is 31.8 Å². The van der Waals surface area contributed by atoms with Crippen molar-refractivity contribution < 1.29 is 37.3 Å². The summed E-state index contributed by atoms with van der Waals surface area (Å²) in [6.45, 7) is 7.05. The Kier molecular flexibility index (Phi) is 47.5. The summed E-state index contributed by atoms with van der Waals surface area (Å²) in [5, 5.41) is 3.05. The van der Waals surface area contributed by atoms with Crippen molar-refractivity contribution in [2.45, 2.75) is 303 Å². The molecule has 0 spiro atoms. The van der Waals surface area contributed by atoms with E-state index in [1.54, 1.807) is 0 Å². The number of hydrogen-bond acceptors (Lipinski definition) is 6.